The second kappa shape index (κ2) is 4.74. The molecule has 2 rings (SSSR count). The van der Waals surface area contributed by atoms with E-state index < -0.39 is 0 Å². The van der Waals surface area contributed by atoms with Crippen LogP contribution in [0, 0.1) is 17.8 Å². The number of hydrogen-bond donors (Lipinski definition) is 0. The zero-order valence-corrected chi connectivity index (χ0v) is 10.4. The maximum atomic E-state index is 11.9. The van der Waals surface area contributed by atoms with Crippen LogP contribution in [0.5, 0.6) is 0 Å². The van der Waals surface area contributed by atoms with Crippen LogP contribution in [0.3, 0.4) is 0 Å². The molecule has 2 aliphatic rings. The van der Waals surface area contributed by atoms with E-state index in [1.165, 1.54) is 0 Å². The van der Waals surface area contributed by atoms with Gasteiger partial charge in [0.15, 0.2) is 0 Å². The minimum atomic E-state index is -0.0123. The van der Waals surface area contributed by atoms with Gasteiger partial charge in [0.05, 0.1) is 24.7 Å². The van der Waals surface area contributed by atoms with E-state index >= 15 is 0 Å². The van der Waals surface area contributed by atoms with Gasteiger partial charge in [-0.2, -0.15) is 0 Å². The van der Waals surface area contributed by atoms with Gasteiger partial charge < -0.3 is 9.47 Å². The SMILES string of the molecule is CCOC(=O)[C@H]1CCC[C@@H]2O[C@@H](C)[C@@H](C)[C@@H]21. The lowest BCUT2D eigenvalue weighted by Crippen LogP contribution is -2.37. The molecule has 0 aromatic heterocycles. The number of hydrogen-bond acceptors (Lipinski definition) is 3. The molecule has 3 heteroatoms. The largest absolute Gasteiger partial charge is 0.466 e. The molecule has 1 heterocycles. The number of fused-ring (bicyclic) bond motifs is 1. The quantitative estimate of drug-likeness (QED) is 0.678. The number of carbonyl (C=O) groups is 1. The van der Waals surface area contributed by atoms with Crippen molar-refractivity contribution in [3.05, 3.63) is 0 Å². The fourth-order valence-corrected chi connectivity index (χ4v) is 3.28. The fourth-order valence-electron chi connectivity index (χ4n) is 3.28. The van der Waals surface area contributed by atoms with E-state index in [1.54, 1.807) is 0 Å². The van der Waals surface area contributed by atoms with Crippen molar-refractivity contribution in [1.82, 2.24) is 0 Å². The Hall–Kier alpha value is -0.570. The zero-order valence-electron chi connectivity index (χ0n) is 10.4. The first-order valence-electron chi connectivity index (χ1n) is 6.47. The van der Waals surface area contributed by atoms with Crippen LogP contribution in [-0.4, -0.2) is 24.8 Å². The molecule has 0 radical (unpaired) electrons. The molecule has 3 nitrogen and oxygen atoms in total. The predicted octanol–water partition coefficient (Wildman–Crippen LogP) is 2.39. The minimum Gasteiger partial charge on any atom is -0.466 e. The van der Waals surface area contributed by atoms with Crippen LogP contribution in [0.25, 0.3) is 0 Å². The summed E-state index contributed by atoms with van der Waals surface area (Å²) in [5.41, 5.74) is 0. The van der Waals surface area contributed by atoms with Crippen molar-refractivity contribution >= 4 is 5.97 Å². The molecule has 2 fully saturated rings. The Bertz CT molecular complexity index is 264. The van der Waals surface area contributed by atoms with Crippen molar-refractivity contribution in [2.45, 2.75) is 52.2 Å². The van der Waals surface area contributed by atoms with Crippen molar-refractivity contribution in [1.29, 1.82) is 0 Å². The summed E-state index contributed by atoms with van der Waals surface area (Å²) in [5.74, 6) is 0.905. The molecule has 5 atom stereocenters. The molecule has 92 valence electrons. The van der Waals surface area contributed by atoms with Crippen LogP contribution < -0.4 is 0 Å². The van der Waals surface area contributed by atoms with Crippen LogP contribution in [0.1, 0.15) is 40.0 Å². The lowest BCUT2D eigenvalue weighted by molar-refractivity contribution is -0.153. The van der Waals surface area contributed by atoms with E-state index in [-0.39, 0.29) is 24.1 Å². The first-order valence-corrected chi connectivity index (χ1v) is 6.47. The third-order valence-corrected chi connectivity index (χ3v) is 4.22. The Morgan fingerprint density at radius 3 is 2.81 bits per heavy atom. The third kappa shape index (κ3) is 1.97. The van der Waals surface area contributed by atoms with Crippen molar-refractivity contribution in [2.75, 3.05) is 6.61 Å². The summed E-state index contributed by atoms with van der Waals surface area (Å²) in [6.07, 6.45) is 3.73. The van der Waals surface area contributed by atoms with Gasteiger partial charge >= 0.3 is 5.97 Å². The average molecular weight is 226 g/mol. The highest BCUT2D eigenvalue weighted by Gasteiger charge is 2.48. The van der Waals surface area contributed by atoms with Crippen LogP contribution in [0.4, 0.5) is 0 Å². The van der Waals surface area contributed by atoms with Crippen molar-refractivity contribution in [3.63, 3.8) is 0 Å². The fraction of sp³-hybridized carbons (Fsp3) is 0.923. The van der Waals surface area contributed by atoms with Gasteiger partial charge in [-0.15, -0.1) is 0 Å². The van der Waals surface area contributed by atoms with E-state index in [9.17, 15) is 4.79 Å². The molecule has 1 aliphatic heterocycles. The molecule has 1 saturated carbocycles. The van der Waals surface area contributed by atoms with Crippen molar-refractivity contribution < 1.29 is 14.3 Å². The van der Waals surface area contributed by atoms with Gasteiger partial charge in [0.1, 0.15) is 0 Å². The summed E-state index contributed by atoms with van der Waals surface area (Å²) in [4.78, 5) is 11.9. The minimum absolute atomic E-state index is 0.0123. The molecule has 0 N–H and O–H groups in total. The number of ether oxygens (including phenoxy) is 2. The van der Waals surface area contributed by atoms with Crippen LogP contribution >= 0.6 is 0 Å². The van der Waals surface area contributed by atoms with E-state index in [1.807, 2.05) is 6.92 Å². The normalized spacial score (nSPS) is 42.8. The highest BCUT2D eigenvalue weighted by Crippen LogP contribution is 2.44. The second-order valence-corrected chi connectivity index (χ2v) is 5.11. The standard InChI is InChI=1S/C13H22O3/c1-4-15-13(14)10-6-5-7-11-12(10)8(2)9(3)16-11/h8-12H,4-7H2,1-3H3/t8-,9+,10+,11+,12-/m1/s1. The Morgan fingerprint density at radius 1 is 1.38 bits per heavy atom. The molecule has 0 bridgehead atoms. The third-order valence-electron chi connectivity index (χ3n) is 4.22. The highest BCUT2D eigenvalue weighted by atomic mass is 16.5. The number of rotatable bonds is 2. The van der Waals surface area contributed by atoms with Crippen LogP contribution in [0.2, 0.25) is 0 Å². The molecule has 1 aliphatic carbocycles. The van der Waals surface area contributed by atoms with E-state index in [2.05, 4.69) is 13.8 Å². The molecule has 0 spiro atoms. The summed E-state index contributed by atoms with van der Waals surface area (Å²) in [7, 11) is 0. The summed E-state index contributed by atoms with van der Waals surface area (Å²) >= 11 is 0. The van der Waals surface area contributed by atoms with Gasteiger partial charge in [-0.3, -0.25) is 4.79 Å². The zero-order chi connectivity index (χ0) is 11.7. The summed E-state index contributed by atoms with van der Waals surface area (Å²) < 4.78 is 11.1. The van der Waals surface area contributed by atoms with Crippen molar-refractivity contribution in [3.8, 4) is 0 Å². The number of carbonyl (C=O) groups excluding carboxylic acids is 1. The Labute approximate surface area is 97.5 Å². The lowest BCUT2D eigenvalue weighted by Gasteiger charge is -2.32. The summed E-state index contributed by atoms with van der Waals surface area (Å²) in [6.45, 7) is 6.67. The van der Waals surface area contributed by atoms with Crippen LogP contribution in [-0.2, 0) is 14.3 Å². The average Bonchev–Trinajstić information content (AvgIpc) is 2.55. The molecule has 1 saturated heterocycles. The Kier molecular flexibility index (Phi) is 3.53. The monoisotopic (exact) mass is 226 g/mol. The van der Waals surface area contributed by atoms with Gasteiger partial charge in [-0.1, -0.05) is 6.92 Å². The van der Waals surface area contributed by atoms with Gasteiger partial charge in [-0.25, -0.2) is 0 Å². The lowest BCUT2D eigenvalue weighted by atomic mass is 9.72. The molecular formula is C13H22O3. The van der Waals surface area contributed by atoms with Crippen molar-refractivity contribution in [2.24, 2.45) is 17.8 Å². The van der Waals surface area contributed by atoms with E-state index in [4.69, 9.17) is 9.47 Å². The number of esters is 1. The molecule has 0 aromatic carbocycles. The molecular weight excluding hydrogens is 204 g/mol. The summed E-state index contributed by atoms with van der Waals surface area (Å²) in [5, 5.41) is 0. The first kappa shape index (κ1) is 11.9. The van der Waals surface area contributed by atoms with Gasteiger partial charge in [0.25, 0.3) is 0 Å². The molecule has 16 heavy (non-hydrogen) atoms. The Morgan fingerprint density at radius 2 is 2.12 bits per heavy atom. The highest BCUT2D eigenvalue weighted by molar-refractivity contribution is 5.73. The molecule has 0 unspecified atom stereocenters. The van der Waals surface area contributed by atoms with E-state index in [0.717, 1.165) is 19.3 Å². The van der Waals surface area contributed by atoms with E-state index in [0.29, 0.717) is 18.4 Å². The smallest absolute Gasteiger partial charge is 0.309 e. The maximum absolute atomic E-state index is 11.9. The summed E-state index contributed by atoms with van der Waals surface area (Å²) in [6, 6.07) is 0. The van der Waals surface area contributed by atoms with Gasteiger partial charge in [0, 0.05) is 5.92 Å². The van der Waals surface area contributed by atoms with Gasteiger partial charge in [0.2, 0.25) is 0 Å². The Balaban J connectivity index is 2.10. The maximum Gasteiger partial charge on any atom is 0.309 e. The topological polar surface area (TPSA) is 35.5 Å². The van der Waals surface area contributed by atoms with Crippen LogP contribution in [0.15, 0.2) is 0 Å². The molecule has 0 aromatic rings. The second-order valence-electron chi connectivity index (χ2n) is 5.11. The van der Waals surface area contributed by atoms with Gasteiger partial charge in [-0.05, 0) is 39.0 Å². The molecule has 0 amide bonds. The first-order chi connectivity index (χ1) is 7.65. The predicted molar refractivity (Wildman–Crippen MR) is 61.0 cm³/mol.